The van der Waals surface area contributed by atoms with Crippen LogP contribution >= 0.6 is 23.1 Å². The molecule has 4 heterocycles. The normalized spacial score (nSPS) is 26.8. The number of nitrogen functional groups attached to an aromatic ring is 1. The van der Waals surface area contributed by atoms with Gasteiger partial charge in [-0.15, -0.1) is 23.1 Å². The number of carbonyl (C=O) groups is 4. The SMILES string of the molecule is Nc1nc(/C(=N/OC2(C(=O)O)CCOCC2)C(=O)N[C@@H]2C(=O)N3C[C@H](C(=O)O)SC23)cs1. The maximum Gasteiger partial charge on any atom is 0.351 e. The number of anilines is 1. The van der Waals surface area contributed by atoms with Gasteiger partial charge in [0.1, 0.15) is 22.4 Å². The summed E-state index contributed by atoms with van der Waals surface area (Å²) in [5, 5.41) is 25.5. The second kappa shape index (κ2) is 8.55. The number of oxime groups is 1. The van der Waals surface area contributed by atoms with Gasteiger partial charge in [-0.3, -0.25) is 14.4 Å². The van der Waals surface area contributed by atoms with E-state index in [0.717, 1.165) is 23.1 Å². The Morgan fingerprint density at radius 1 is 1.34 bits per heavy atom. The number of hydrogen-bond donors (Lipinski definition) is 4. The van der Waals surface area contributed by atoms with Crippen LogP contribution < -0.4 is 11.1 Å². The Hall–Kier alpha value is -2.91. The maximum absolute atomic E-state index is 13.0. The predicted molar refractivity (Wildman–Crippen MR) is 111 cm³/mol. The first kappa shape index (κ1) is 22.3. The highest BCUT2D eigenvalue weighted by Gasteiger charge is 2.56. The van der Waals surface area contributed by atoms with Crippen LogP contribution in [0, 0.1) is 0 Å². The van der Waals surface area contributed by atoms with Crippen LogP contribution in [0.4, 0.5) is 5.13 Å². The largest absolute Gasteiger partial charge is 0.480 e. The fourth-order valence-corrected chi connectivity index (χ4v) is 5.44. The van der Waals surface area contributed by atoms with Gasteiger partial charge in [-0.25, -0.2) is 9.78 Å². The number of β-lactam (4-membered cyclic amide) rings is 1. The molecule has 0 saturated carbocycles. The van der Waals surface area contributed by atoms with Crippen LogP contribution in [0.15, 0.2) is 10.5 Å². The highest BCUT2D eigenvalue weighted by Crippen LogP contribution is 2.40. The zero-order valence-electron chi connectivity index (χ0n) is 16.4. The summed E-state index contributed by atoms with van der Waals surface area (Å²) in [6.07, 6.45) is 0.0661. The van der Waals surface area contributed by atoms with Gasteiger partial charge >= 0.3 is 11.9 Å². The van der Waals surface area contributed by atoms with Crippen molar-refractivity contribution in [3.05, 3.63) is 11.1 Å². The van der Waals surface area contributed by atoms with E-state index in [0.29, 0.717) is 0 Å². The van der Waals surface area contributed by atoms with E-state index >= 15 is 0 Å². The van der Waals surface area contributed by atoms with Crippen molar-refractivity contribution in [2.24, 2.45) is 5.16 Å². The molecule has 0 bridgehead atoms. The number of nitrogens with zero attached hydrogens (tertiary/aromatic N) is 3. The Labute approximate surface area is 188 Å². The number of carboxylic acids is 2. The number of nitrogens with one attached hydrogen (secondary N) is 1. The van der Waals surface area contributed by atoms with Crippen molar-refractivity contribution in [2.75, 3.05) is 25.5 Å². The first-order chi connectivity index (χ1) is 15.2. The quantitative estimate of drug-likeness (QED) is 0.209. The molecular weight excluding hydrogens is 466 g/mol. The van der Waals surface area contributed by atoms with E-state index < -0.39 is 46.0 Å². The molecule has 0 aliphatic carbocycles. The Morgan fingerprint density at radius 3 is 2.66 bits per heavy atom. The van der Waals surface area contributed by atoms with Gasteiger partial charge in [-0.05, 0) is 0 Å². The number of ether oxygens (including phenoxy) is 1. The summed E-state index contributed by atoms with van der Waals surface area (Å²) < 4.78 is 5.18. The Bertz CT molecular complexity index is 991. The minimum Gasteiger partial charge on any atom is -0.480 e. The topological polar surface area (TPSA) is 194 Å². The molecule has 3 aliphatic rings. The van der Waals surface area contributed by atoms with Gasteiger partial charge in [0.05, 0.1) is 13.2 Å². The summed E-state index contributed by atoms with van der Waals surface area (Å²) in [4.78, 5) is 59.1. The molecule has 4 rings (SSSR count). The number of nitrogens with two attached hydrogens (primary N) is 1. The van der Waals surface area contributed by atoms with E-state index in [4.69, 9.17) is 15.3 Å². The summed E-state index contributed by atoms with van der Waals surface area (Å²) in [6.45, 7) is 0.373. The summed E-state index contributed by atoms with van der Waals surface area (Å²) in [7, 11) is 0. The van der Waals surface area contributed by atoms with E-state index in [9.17, 15) is 29.4 Å². The second-order valence-electron chi connectivity index (χ2n) is 7.31. The minimum absolute atomic E-state index is 0.0330. The highest BCUT2D eigenvalue weighted by molar-refractivity contribution is 8.01. The van der Waals surface area contributed by atoms with Gasteiger partial charge < -0.3 is 35.7 Å². The second-order valence-corrected chi connectivity index (χ2v) is 9.52. The predicted octanol–water partition coefficient (Wildman–Crippen LogP) is -1.07. The molecule has 15 heteroatoms. The first-order valence-corrected chi connectivity index (χ1v) is 11.3. The number of thiazole rings is 1. The molecule has 2 amide bonds. The van der Waals surface area contributed by atoms with Gasteiger partial charge in [-0.2, -0.15) is 0 Å². The van der Waals surface area contributed by atoms with Crippen molar-refractivity contribution in [3.8, 4) is 0 Å². The molecule has 3 saturated heterocycles. The number of aromatic nitrogens is 1. The first-order valence-electron chi connectivity index (χ1n) is 9.50. The van der Waals surface area contributed by atoms with Gasteiger partial charge in [0, 0.05) is 24.8 Å². The van der Waals surface area contributed by atoms with E-state index in [1.54, 1.807) is 0 Å². The molecule has 0 spiro atoms. The number of carboxylic acid groups (broad SMARTS) is 2. The van der Waals surface area contributed by atoms with Crippen molar-refractivity contribution in [1.82, 2.24) is 15.2 Å². The highest BCUT2D eigenvalue weighted by atomic mass is 32.2. The van der Waals surface area contributed by atoms with Gasteiger partial charge in [0.15, 0.2) is 10.8 Å². The smallest absolute Gasteiger partial charge is 0.351 e. The van der Waals surface area contributed by atoms with E-state index in [1.165, 1.54) is 10.3 Å². The summed E-state index contributed by atoms with van der Waals surface area (Å²) in [5.41, 5.74) is 3.71. The fourth-order valence-electron chi connectivity index (χ4n) is 3.52. The number of aliphatic carboxylic acids is 2. The zero-order chi connectivity index (χ0) is 23.0. The molecule has 1 aromatic heterocycles. The molecule has 13 nitrogen and oxygen atoms in total. The minimum atomic E-state index is -1.66. The molecule has 1 unspecified atom stereocenters. The molecule has 5 N–H and O–H groups in total. The van der Waals surface area contributed by atoms with Crippen molar-refractivity contribution < 1.29 is 39.0 Å². The maximum atomic E-state index is 13.0. The van der Waals surface area contributed by atoms with Gasteiger partial charge in [0.2, 0.25) is 11.5 Å². The number of hydrogen-bond acceptors (Lipinski definition) is 11. The lowest BCUT2D eigenvalue weighted by molar-refractivity contribution is -0.178. The zero-order valence-corrected chi connectivity index (χ0v) is 18.1. The van der Waals surface area contributed by atoms with Crippen molar-refractivity contribution >= 4 is 57.7 Å². The van der Waals surface area contributed by atoms with Crippen molar-refractivity contribution in [2.45, 2.75) is 35.1 Å². The average Bonchev–Trinajstić information content (AvgIpc) is 3.37. The fraction of sp³-hybridized carbons (Fsp3) is 0.529. The lowest BCUT2D eigenvalue weighted by Gasteiger charge is -2.41. The summed E-state index contributed by atoms with van der Waals surface area (Å²) in [6, 6.07) is -0.949. The molecule has 3 fully saturated rings. The van der Waals surface area contributed by atoms with Crippen LogP contribution in [0.25, 0.3) is 0 Å². The summed E-state index contributed by atoms with van der Waals surface area (Å²) in [5.74, 6) is -3.51. The van der Waals surface area contributed by atoms with Crippen LogP contribution in [0.2, 0.25) is 0 Å². The van der Waals surface area contributed by atoms with Crippen LogP contribution in [0.5, 0.6) is 0 Å². The summed E-state index contributed by atoms with van der Waals surface area (Å²) >= 11 is 2.11. The average molecular weight is 486 g/mol. The van der Waals surface area contributed by atoms with E-state index in [1.807, 2.05) is 0 Å². The van der Waals surface area contributed by atoms with Crippen molar-refractivity contribution in [1.29, 1.82) is 0 Å². The van der Waals surface area contributed by atoms with Crippen LogP contribution in [-0.4, -0.2) is 91.6 Å². The monoisotopic (exact) mass is 485 g/mol. The molecule has 0 radical (unpaired) electrons. The van der Waals surface area contributed by atoms with Crippen molar-refractivity contribution in [3.63, 3.8) is 0 Å². The molecular formula is C17H19N5O8S2. The van der Waals surface area contributed by atoms with Gasteiger partial charge in [-0.1, -0.05) is 5.16 Å². The molecule has 32 heavy (non-hydrogen) atoms. The Morgan fingerprint density at radius 2 is 2.06 bits per heavy atom. The third kappa shape index (κ3) is 3.98. The molecule has 0 aromatic carbocycles. The Kier molecular flexibility index (Phi) is 5.96. The van der Waals surface area contributed by atoms with E-state index in [2.05, 4.69) is 15.5 Å². The van der Waals surface area contributed by atoms with Gasteiger partial charge in [0.25, 0.3) is 5.91 Å². The number of thioether (sulfide) groups is 1. The standard InChI is InChI=1S/C17H19N5O8S2/c18-16-19-7(6-31-16)9(21-30-17(15(27)28)1-3-29-4-2-17)11(23)20-10-12(24)22-5-8(14(25)26)32-13(10)22/h6,8,10,13H,1-5H2,(H2,18,19)(H,20,23)(H,25,26)(H,27,28)/b21-9-/t8-,10-,13?/m1/s1. The number of rotatable bonds is 7. The third-order valence-corrected chi connectivity index (χ3v) is 7.51. The number of amides is 2. The van der Waals surface area contributed by atoms with Crippen LogP contribution in [-0.2, 0) is 28.8 Å². The van der Waals surface area contributed by atoms with Crippen LogP contribution in [0.1, 0.15) is 18.5 Å². The number of fused-ring (bicyclic) bond motifs is 1. The van der Waals surface area contributed by atoms with Crippen LogP contribution in [0.3, 0.4) is 0 Å². The third-order valence-electron chi connectivity index (χ3n) is 5.35. The van der Waals surface area contributed by atoms with E-state index in [-0.39, 0.29) is 49.1 Å². The molecule has 172 valence electrons. The lowest BCUT2D eigenvalue weighted by atomic mass is 9.95. The Balaban J connectivity index is 1.54. The lowest BCUT2D eigenvalue weighted by Crippen LogP contribution is -2.67. The molecule has 3 aliphatic heterocycles. The number of carbonyl (C=O) groups excluding carboxylic acids is 2. The molecule has 1 aromatic rings. The molecule has 3 atom stereocenters.